The molecule has 1 atom stereocenters. The van der Waals surface area contributed by atoms with Gasteiger partial charge in [-0.25, -0.2) is 8.60 Å². The number of ether oxygens (including phenoxy) is 1. The molecule has 2 heterocycles. The zero-order valence-corrected chi connectivity index (χ0v) is 15.5. The zero-order valence-electron chi connectivity index (χ0n) is 14.7. The van der Waals surface area contributed by atoms with Crippen molar-refractivity contribution >= 4 is 35.3 Å². The second kappa shape index (κ2) is 5.96. The van der Waals surface area contributed by atoms with Gasteiger partial charge in [-0.05, 0) is 33.8 Å². The molecule has 0 aromatic heterocycles. The maximum atomic E-state index is 15.3. The van der Waals surface area contributed by atoms with Crippen LogP contribution >= 0.6 is 0 Å². The fourth-order valence-corrected chi connectivity index (χ4v) is 3.59. The highest BCUT2D eigenvalue weighted by Crippen LogP contribution is 2.38. The Labute approximate surface area is 148 Å². The predicted octanol–water partition coefficient (Wildman–Crippen LogP) is 0.648. The number of hydrogen-bond donors (Lipinski definition) is 1. The maximum Gasteiger partial charge on any atom is 0.497 e. The number of carbonyl (C=O) groups is 1. The average Bonchev–Trinajstić information content (AvgIpc) is 2.93. The number of nitrogens with zero attached hydrogens (tertiary/aromatic N) is 1. The molecule has 1 aromatic carbocycles. The Bertz CT molecular complexity index is 742. The van der Waals surface area contributed by atoms with Crippen LogP contribution in [0.4, 0.5) is 10.1 Å². The number of methoxy groups -OCH3 is 1. The molecule has 25 heavy (non-hydrogen) atoms. The van der Waals surface area contributed by atoms with Crippen molar-refractivity contribution in [1.82, 2.24) is 4.72 Å². The Hall–Kier alpha value is -1.65. The highest BCUT2D eigenvalue weighted by Gasteiger charge is 2.53. The van der Waals surface area contributed by atoms with Crippen molar-refractivity contribution < 1.29 is 27.4 Å². The number of carbonyl (C=O) groups excluding carboxylic acids is 1. The SMILES string of the molecule is COc1ccc(B2OC(C)(C)C(C)(C)O2)c(F)c1N1CC(=O)NS1=O. The topological polar surface area (TPSA) is 77.1 Å². The molecule has 2 aliphatic rings. The Morgan fingerprint density at radius 1 is 1.28 bits per heavy atom. The zero-order chi connectivity index (χ0) is 18.6. The first-order chi connectivity index (χ1) is 11.6. The van der Waals surface area contributed by atoms with Crippen LogP contribution in [-0.2, 0) is 25.3 Å². The summed E-state index contributed by atoms with van der Waals surface area (Å²) in [6.07, 6.45) is 0. The van der Waals surface area contributed by atoms with Crippen molar-refractivity contribution in [3.05, 3.63) is 17.9 Å². The molecule has 0 spiro atoms. The van der Waals surface area contributed by atoms with Crippen LogP contribution in [0.3, 0.4) is 0 Å². The van der Waals surface area contributed by atoms with Crippen molar-refractivity contribution in [1.29, 1.82) is 0 Å². The van der Waals surface area contributed by atoms with E-state index in [1.807, 2.05) is 27.7 Å². The largest absolute Gasteiger partial charge is 0.497 e. The lowest BCUT2D eigenvalue weighted by atomic mass is 9.78. The molecule has 0 saturated carbocycles. The Kier molecular flexibility index (Phi) is 4.33. The summed E-state index contributed by atoms with van der Waals surface area (Å²) < 4.78 is 47.7. The normalized spacial score (nSPS) is 24.6. The number of hydrogen-bond acceptors (Lipinski definition) is 5. The number of anilines is 1. The number of amides is 1. The van der Waals surface area contributed by atoms with Gasteiger partial charge < -0.3 is 14.0 Å². The Morgan fingerprint density at radius 2 is 1.88 bits per heavy atom. The molecule has 3 rings (SSSR count). The molecule has 2 saturated heterocycles. The van der Waals surface area contributed by atoms with Crippen molar-refractivity contribution in [3.8, 4) is 5.75 Å². The highest BCUT2D eigenvalue weighted by atomic mass is 32.2. The van der Waals surface area contributed by atoms with Gasteiger partial charge in [0.25, 0.3) is 5.91 Å². The second-order valence-corrected chi connectivity index (χ2v) is 8.06. The lowest BCUT2D eigenvalue weighted by Gasteiger charge is -2.32. The molecule has 1 N–H and O–H groups in total. The van der Waals surface area contributed by atoms with Crippen LogP contribution < -0.4 is 19.2 Å². The molecule has 136 valence electrons. The molecule has 2 fully saturated rings. The standard InChI is InChI=1S/C15H20BFN2O5S/c1-14(2)15(3,4)24-16(23-14)9-6-7-10(22-5)13(12(9)17)19-8-11(20)18-25(19)21/h6-7H,8H2,1-5H3,(H,18,20). The quantitative estimate of drug-likeness (QED) is 0.791. The summed E-state index contributed by atoms with van der Waals surface area (Å²) in [5.41, 5.74) is -1.16. The first kappa shape index (κ1) is 18.2. The summed E-state index contributed by atoms with van der Waals surface area (Å²) >= 11 is -1.87. The van der Waals surface area contributed by atoms with Crippen LogP contribution in [0.25, 0.3) is 0 Å². The predicted molar refractivity (Wildman–Crippen MR) is 92.3 cm³/mol. The van der Waals surface area contributed by atoms with E-state index < -0.39 is 41.2 Å². The Balaban J connectivity index is 2.05. The van der Waals surface area contributed by atoms with Crippen LogP contribution in [0.1, 0.15) is 27.7 Å². The molecule has 0 bridgehead atoms. The van der Waals surface area contributed by atoms with Crippen molar-refractivity contribution in [2.24, 2.45) is 0 Å². The fraction of sp³-hybridized carbons (Fsp3) is 0.533. The molecular formula is C15H20BFN2O5S. The third kappa shape index (κ3) is 2.92. The van der Waals surface area contributed by atoms with Crippen LogP contribution in [0.15, 0.2) is 12.1 Å². The van der Waals surface area contributed by atoms with E-state index in [0.29, 0.717) is 0 Å². The monoisotopic (exact) mass is 370 g/mol. The minimum Gasteiger partial charge on any atom is -0.494 e. The van der Waals surface area contributed by atoms with E-state index >= 15 is 4.39 Å². The number of rotatable bonds is 3. The van der Waals surface area contributed by atoms with Gasteiger partial charge in [-0.15, -0.1) is 0 Å². The summed E-state index contributed by atoms with van der Waals surface area (Å²) in [6.45, 7) is 7.24. The molecular weight excluding hydrogens is 350 g/mol. The molecule has 2 aliphatic heterocycles. The van der Waals surface area contributed by atoms with E-state index in [9.17, 15) is 9.00 Å². The van der Waals surface area contributed by atoms with Crippen molar-refractivity contribution in [2.45, 2.75) is 38.9 Å². The van der Waals surface area contributed by atoms with Gasteiger partial charge in [0.15, 0.2) is 5.82 Å². The summed E-state index contributed by atoms with van der Waals surface area (Å²) in [5, 5.41) is 0. The molecule has 10 heteroatoms. The molecule has 0 radical (unpaired) electrons. The minimum absolute atomic E-state index is 0.0635. The van der Waals surface area contributed by atoms with Crippen LogP contribution in [0.5, 0.6) is 5.75 Å². The van der Waals surface area contributed by atoms with Gasteiger partial charge >= 0.3 is 7.12 Å². The van der Waals surface area contributed by atoms with Crippen molar-refractivity contribution in [2.75, 3.05) is 18.0 Å². The molecule has 1 amide bonds. The third-order valence-electron chi connectivity index (χ3n) is 4.77. The molecule has 0 aliphatic carbocycles. The lowest BCUT2D eigenvalue weighted by molar-refractivity contribution is -0.117. The first-order valence-electron chi connectivity index (χ1n) is 7.78. The summed E-state index contributed by atoms with van der Waals surface area (Å²) in [6, 6.07) is 3.05. The van der Waals surface area contributed by atoms with E-state index in [-0.39, 0.29) is 23.4 Å². The van der Waals surface area contributed by atoms with E-state index in [2.05, 4.69) is 4.72 Å². The lowest BCUT2D eigenvalue weighted by Crippen LogP contribution is -2.41. The second-order valence-electron chi connectivity index (χ2n) is 6.92. The van der Waals surface area contributed by atoms with E-state index in [0.717, 1.165) is 4.31 Å². The third-order valence-corrected chi connectivity index (χ3v) is 5.89. The van der Waals surface area contributed by atoms with Crippen molar-refractivity contribution in [3.63, 3.8) is 0 Å². The summed E-state index contributed by atoms with van der Waals surface area (Å²) in [5.74, 6) is -0.980. The summed E-state index contributed by atoms with van der Waals surface area (Å²) in [7, 11) is 0.454. The highest BCUT2D eigenvalue weighted by molar-refractivity contribution is 7.85. The smallest absolute Gasteiger partial charge is 0.494 e. The minimum atomic E-state index is -1.87. The van der Waals surface area contributed by atoms with Gasteiger partial charge in [0.2, 0.25) is 11.2 Å². The van der Waals surface area contributed by atoms with Gasteiger partial charge in [-0.3, -0.25) is 13.8 Å². The van der Waals surface area contributed by atoms with Gasteiger partial charge in [0.05, 0.1) is 18.3 Å². The molecule has 7 nitrogen and oxygen atoms in total. The number of benzene rings is 1. The van der Waals surface area contributed by atoms with Crippen LogP contribution in [-0.4, -0.2) is 42.1 Å². The van der Waals surface area contributed by atoms with Gasteiger partial charge in [0.1, 0.15) is 18.0 Å². The Morgan fingerprint density at radius 3 is 2.36 bits per heavy atom. The van der Waals surface area contributed by atoms with E-state index in [1.165, 1.54) is 13.2 Å². The average molecular weight is 370 g/mol. The molecule has 1 aromatic rings. The van der Waals surface area contributed by atoms with Gasteiger partial charge in [-0.2, -0.15) is 0 Å². The fourth-order valence-electron chi connectivity index (χ4n) is 2.65. The molecule has 1 unspecified atom stereocenters. The first-order valence-corrected chi connectivity index (χ1v) is 8.89. The van der Waals surface area contributed by atoms with Gasteiger partial charge in [-0.1, -0.05) is 6.07 Å². The van der Waals surface area contributed by atoms with Gasteiger partial charge in [0, 0.05) is 5.46 Å². The number of halogens is 1. The van der Waals surface area contributed by atoms with E-state index in [4.69, 9.17) is 14.0 Å². The number of nitrogens with one attached hydrogen (secondary N) is 1. The summed E-state index contributed by atoms with van der Waals surface area (Å²) in [4.78, 5) is 11.5. The van der Waals surface area contributed by atoms with Crippen LogP contribution in [0, 0.1) is 5.82 Å². The maximum absolute atomic E-state index is 15.3. The van der Waals surface area contributed by atoms with E-state index in [1.54, 1.807) is 6.07 Å². The van der Waals surface area contributed by atoms with Crippen LogP contribution in [0.2, 0.25) is 0 Å².